The molecule has 0 unspecified atom stereocenters. The average Bonchev–Trinajstić information content (AvgIpc) is 2.99. The smallest absolute Gasteiger partial charge is 0.414 e. The van der Waals surface area contributed by atoms with Gasteiger partial charge in [-0.1, -0.05) is 6.07 Å². The lowest BCUT2D eigenvalue weighted by molar-refractivity contribution is 0.181. The van der Waals surface area contributed by atoms with Crippen LogP contribution in [-0.4, -0.2) is 24.2 Å². The quantitative estimate of drug-likeness (QED) is 0.812. The Bertz CT molecular complexity index is 723. The summed E-state index contributed by atoms with van der Waals surface area (Å²) in [5.74, 6) is 0. The SMILES string of the molecule is Cc1nc2c(s1)Cc1cc(N3CCOC3=O)ccc1CC2. The molecule has 0 spiro atoms. The Labute approximate surface area is 127 Å². The third kappa shape index (κ3) is 2.21. The van der Waals surface area contributed by atoms with E-state index < -0.39 is 0 Å². The number of carbonyl (C=O) groups excluding carboxylic acids is 1. The number of hydrogen-bond donors (Lipinski definition) is 0. The van der Waals surface area contributed by atoms with Crippen LogP contribution in [0.2, 0.25) is 0 Å². The minimum Gasteiger partial charge on any atom is -0.447 e. The van der Waals surface area contributed by atoms with Crippen LogP contribution in [0.15, 0.2) is 18.2 Å². The van der Waals surface area contributed by atoms with Crippen LogP contribution in [0.1, 0.15) is 26.7 Å². The molecule has 0 bridgehead atoms. The largest absolute Gasteiger partial charge is 0.447 e. The molecular weight excluding hydrogens is 284 g/mol. The number of fused-ring (bicyclic) bond motifs is 2. The van der Waals surface area contributed by atoms with E-state index in [9.17, 15) is 4.79 Å². The predicted octanol–water partition coefficient (Wildman–Crippen LogP) is 3.10. The Morgan fingerprint density at radius 2 is 2.19 bits per heavy atom. The van der Waals surface area contributed by atoms with Gasteiger partial charge in [-0.25, -0.2) is 9.78 Å². The topological polar surface area (TPSA) is 42.4 Å². The van der Waals surface area contributed by atoms with Crippen molar-refractivity contribution >= 4 is 23.1 Å². The molecule has 2 heterocycles. The van der Waals surface area contributed by atoms with Gasteiger partial charge in [-0.3, -0.25) is 4.90 Å². The van der Waals surface area contributed by atoms with Crippen LogP contribution in [0, 0.1) is 6.92 Å². The first kappa shape index (κ1) is 12.8. The summed E-state index contributed by atoms with van der Waals surface area (Å²) < 4.78 is 5.03. The lowest BCUT2D eigenvalue weighted by atomic mass is 10.0. The number of cyclic esters (lactones) is 1. The Hall–Kier alpha value is -1.88. The van der Waals surface area contributed by atoms with Crippen molar-refractivity contribution in [2.45, 2.75) is 26.2 Å². The van der Waals surface area contributed by atoms with E-state index in [0.29, 0.717) is 13.2 Å². The zero-order valence-electron chi connectivity index (χ0n) is 11.9. The van der Waals surface area contributed by atoms with E-state index in [4.69, 9.17) is 4.74 Å². The van der Waals surface area contributed by atoms with Gasteiger partial charge < -0.3 is 4.74 Å². The normalized spacial score (nSPS) is 17.2. The Balaban J connectivity index is 1.72. The van der Waals surface area contributed by atoms with E-state index in [-0.39, 0.29) is 6.09 Å². The standard InChI is InChI=1S/C16H16N2O2S/c1-10-17-14-5-3-11-2-4-13(18-6-7-20-16(18)19)8-12(11)9-15(14)21-10/h2,4,8H,3,5-7,9H2,1H3. The van der Waals surface area contributed by atoms with Crippen molar-refractivity contribution in [1.29, 1.82) is 0 Å². The number of hydrogen-bond acceptors (Lipinski definition) is 4. The number of thiazole rings is 1. The third-order valence-electron chi connectivity index (χ3n) is 4.13. The maximum absolute atomic E-state index is 11.7. The van der Waals surface area contributed by atoms with Crippen LogP contribution in [0.25, 0.3) is 0 Å². The summed E-state index contributed by atoms with van der Waals surface area (Å²) in [5.41, 5.74) is 4.88. The summed E-state index contributed by atoms with van der Waals surface area (Å²) in [6, 6.07) is 6.33. The fourth-order valence-electron chi connectivity index (χ4n) is 3.09. The van der Waals surface area contributed by atoms with Crippen molar-refractivity contribution < 1.29 is 9.53 Å². The number of rotatable bonds is 1. The van der Waals surface area contributed by atoms with Gasteiger partial charge in [0, 0.05) is 17.0 Å². The lowest BCUT2D eigenvalue weighted by Gasteiger charge is -2.15. The molecule has 1 aliphatic heterocycles. The van der Waals surface area contributed by atoms with E-state index in [1.165, 1.54) is 21.7 Å². The molecule has 1 saturated heterocycles. The monoisotopic (exact) mass is 300 g/mol. The number of amides is 1. The zero-order valence-corrected chi connectivity index (χ0v) is 12.7. The summed E-state index contributed by atoms with van der Waals surface area (Å²) in [4.78, 5) is 19.4. The van der Waals surface area contributed by atoms with Crippen molar-refractivity contribution in [2.24, 2.45) is 0 Å². The van der Waals surface area contributed by atoms with Crippen LogP contribution in [0.3, 0.4) is 0 Å². The molecule has 1 fully saturated rings. The fourth-order valence-corrected chi connectivity index (χ4v) is 4.09. The minimum absolute atomic E-state index is 0.238. The zero-order chi connectivity index (χ0) is 14.4. The van der Waals surface area contributed by atoms with Gasteiger partial charge in [0.2, 0.25) is 0 Å². The molecule has 0 radical (unpaired) electrons. The van der Waals surface area contributed by atoms with Crippen LogP contribution < -0.4 is 4.90 Å². The summed E-state index contributed by atoms with van der Waals surface area (Å²) in [6.45, 7) is 3.19. The number of anilines is 1. The first-order valence-electron chi connectivity index (χ1n) is 7.22. The first-order chi connectivity index (χ1) is 10.2. The second kappa shape index (κ2) is 4.84. The number of nitrogens with zero attached hydrogens (tertiary/aromatic N) is 2. The van der Waals surface area contributed by atoms with E-state index in [0.717, 1.165) is 30.0 Å². The van der Waals surface area contributed by atoms with E-state index >= 15 is 0 Å². The van der Waals surface area contributed by atoms with Gasteiger partial charge in [0.1, 0.15) is 6.61 Å². The molecule has 2 aliphatic rings. The molecule has 0 N–H and O–H groups in total. The molecular formula is C16H16N2O2S. The maximum Gasteiger partial charge on any atom is 0.414 e. The summed E-state index contributed by atoms with van der Waals surface area (Å²) >= 11 is 1.79. The Kier molecular flexibility index (Phi) is 2.96. The molecule has 108 valence electrons. The van der Waals surface area contributed by atoms with Gasteiger partial charge >= 0.3 is 6.09 Å². The second-order valence-electron chi connectivity index (χ2n) is 5.50. The second-order valence-corrected chi connectivity index (χ2v) is 6.79. The summed E-state index contributed by atoms with van der Waals surface area (Å²) in [7, 11) is 0. The van der Waals surface area contributed by atoms with E-state index in [1.54, 1.807) is 16.2 Å². The number of ether oxygens (including phenoxy) is 1. The Morgan fingerprint density at radius 1 is 1.29 bits per heavy atom. The Morgan fingerprint density at radius 3 is 3.00 bits per heavy atom. The lowest BCUT2D eigenvalue weighted by Crippen LogP contribution is -2.23. The van der Waals surface area contributed by atoms with Crippen LogP contribution in [0.4, 0.5) is 10.5 Å². The molecule has 1 aromatic heterocycles. The summed E-state index contributed by atoms with van der Waals surface area (Å²) in [6.07, 6.45) is 2.72. The van der Waals surface area contributed by atoms with Gasteiger partial charge in [-0.15, -0.1) is 11.3 Å². The maximum atomic E-state index is 11.7. The van der Waals surface area contributed by atoms with E-state index in [2.05, 4.69) is 24.0 Å². The van der Waals surface area contributed by atoms with Crippen LogP contribution in [0.5, 0.6) is 0 Å². The summed E-state index contributed by atoms with van der Waals surface area (Å²) in [5, 5.41) is 1.14. The van der Waals surface area contributed by atoms with Crippen molar-refractivity contribution in [2.75, 3.05) is 18.1 Å². The molecule has 0 saturated carbocycles. The number of aryl methyl sites for hydroxylation is 3. The molecule has 1 aromatic carbocycles. The van der Waals surface area contributed by atoms with Crippen LogP contribution >= 0.6 is 11.3 Å². The van der Waals surface area contributed by atoms with Crippen molar-refractivity contribution in [1.82, 2.24) is 4.98 Å². The van der Waals surface area contributed by atoms with Gasteiger partial charge in [0.05, 0.1) is 17.2 Å². The molecule has 1 aliphatic carbocycles. The predicted molar refractivity (Wildman–Crippen MR) is 82.2 cm³/mol. The molecule has 4 nitrogen and oxygen atoms in total. The van der Waals surface area contributed by atoms with Crippen LogP contribution in [-0.2, 0) is 24.0 Å². The van der Waals surface area contributed by atoms with Crippen molar-refractivity contribution in [3.05, 3.63) is 44.9 Å². The molecule has 1 amide bonds. The molecule has 5 heteroatoms. The highest BCUT2D eigenvalue weighted by Crippen LogP contribution is 2.31. The van der Waals surface area contributed by atoms with Crippen molar-refractivity contribution in [3.63, 3.8) is 0 Å². The van der Waals surface area contributed by atoms with Crippen molar-refractivity contribution in [3.8, 4) is 0 Å². The van der Waals surface area contributed by atoms with Gasteiger partial charge in [-0.2, -0.15) is 0 Å². The minimum atomic E-state index is -0.238. The number of carbonyl (C=O) groups is 1. The highest BCUT2D eigenvalue weighted by Gasteiger charge is 2.25. The highest BCUT2D eigenvalue weighted by molar-refractivity contribution is 7.11. The molecule has 4 rings (SSSR count). The van der Waals surface area contributed by atoms with Gasteiger partial charge in [0.15, 0.2) is 0 Å². The fraction of sp³-hybridized carbons (Fsp3) is 0.375. The first-order valence-corrected chi connectivity index (χ1v) is 8.03. The molecule has 2 aromatic rings. The average molecular weight is 300 g/mol. The van der Waals surface area contributed by atoms with Gasteiger partial charge in [-0.05, 0) is 43.0 Å². The highest BCUT2D eigenvalue weighted by atomic mass is 32.1. The van der Waals surface area contributed by atoms with Gasteiger partial charge in [0.25, 0.3) is 0 Å². The third-order valence-corrected chi connectivity index (χ3v) is 5.14. The number of aromatic nitrogens is 1. The van der Waals surface area contributed by atoms with E-state index in [1.807, 2.05) is 6.07 Å². The molecule has 21 heavy (non-hydrogen) atoms. The number of benzene rings is 1. The molecule has 0 atom stereocenters.